The average Bonchev–Trinajstić information content (AvgIpc) is 2.71. The van der Waals surface area contributed by atoms with Gasteiger partial charge in [0, 0.05) is 18.4 Å². The van der Waals surface area contributed by atoms with Crippen molar-refractivity contribution < 1.29 is 28.5 Å². The van der Waals surface area contributed by atoms with Crippen LogP contribution in [0.4, 0.5) is 0 Å². The summed E-state index contributed by atoms with van der Waals surface area (Å²) < 4.78 is 21.4. The SMILES string of the molecule is C#CCOc1c(Cl)cc([C@@H]2C(C(=O)OC)=C(N)OC3=C2C(=O)CCC3)cc1OC. The van der Waals surface area contributed by atoms with E-state index in [-0.39, 0.29) is 34.6 Å². The van der Waals surface area contributed by atoms with Crippen molar-refractivity contribution in [2.45, 2.75) is 25.2 Å². The van der Waals surface area contributed by atoms with Crippen molar-refractivity contribution in [1.29, 1.82) is 0 Å². The third-order valence-electron chi connectivity index (χ3n) is 4.77. The number of Topliss-reactive ketones (excluding diaryl/α,β-unsaturated/α-hetero) is 1. The molecule has 2 N–H and O–H groups in total. The Morgan fingerprint density at radius 3 is 2.79 bits per heavy atom. The van der Waals surface area contributed by atoms with Crippen LogP contribution in [0.1, 0.15) is 30.7 Å². The molecule has 1 atom stereocenters. The molecule has 0 saturated heterocycles. The van der Waals surface area contributed by atoms with E-state index in [4.69, 9.17) is 42.7 Å². The highest BCUT2D eigenvalue weighted by Gasteiger charge is 2.41. The van der Waals surface area contributed by atoms with Gasteiger partial charge >= 0.3 is 5.97 Å². The van der Waals surface area contributed by atoms with Crippen LogP contribution in [-0.4, -0.2) is 32.6 Å². The maximum atomic E-state index is 12.8. The van der Waals surface area contributed by atoms with Gasteiger partial charge in [0.15, 0.2) is 17.3 Å². The highest BCUT2D eigenvalue weighted by atomic mass is 35.5. The quantitative estimate of drug-likeness (QED) is 0.581. The van der Waals surface area contributed by atoms with Crippen molar-refractivity contribution in [1.82, 2.24) is 0 Å². The van der Waals surface area contributed by atoms with Crippen LogP contribution in [0.15, 0.2) is 34.9 Å². The van der Waals surface area contributed by atoms with Crippen molar-refractivity contribution in [3.8, 4) is 23.8 Å². The lowest BCUT2D eigenvalue weighted by Crippen LogP contribution is -2.31. The summed E-state index contributed by atoms with van der Waals surface area (Å²) in [4.78, 5) is 25.3. The number of hydrogen-bond acceptors (Lipinski definition) is 7. The lowest BCUT2D eigenvalue weighted by Gasteiger charge is -2.32. The predicted molar refractivity (Wildman–Crippen MR) is 105 cm³/mol. The first kappa shape index (κ1) is 20.6. The number of terminal acetylenes is 1. The van der Waals surface area contributed by atoms with E-state index >= 15 is 0 Å². The first-order valence-corrected chi connectivity index (χ1v) is 9.26. The molecule has 1 aliphatic heterocycles. The van der Waals surface area contributed by atoms with Gasteiger partial charge in [-0.2, -0.15) is 0 Å². The summed E-state index contributed by atoms with van der Waals surface area (Å²) in [7, 11) is 2.68. The normalized spacial score (nSPS) is 18.6. The standard InChI is InChI=1S/C21H20ClNO6/c1-4-8-28-19-12(22)9-11(10-15(19)26-2)16-17-13(24)6-5-7-14(17)29-20(23)18(16)21(25)27-3/h1,9-10,16H,5-8,23H2,2-3H3/t16-/m0/s1. The Hall–Kier alpha value is -3.11. The average molecular weight is 418 g/mol. The molecule has 1 heterocycles. The van der Waals surface area contributed by atoms with Crippen LogP contribution in [0, 0.1) is 12.3 Å². The zero-order valence-electron chi connectivity index (χ0n) is 16.0. The zero-order chi connectivity index (χ0) is 21.1. The number of esters is 1. The van der Waals surface area contributed by atoms with Gasteiger partial charge < -0.3 is 24.7 Å². The zero-order valence-corrected chi connectivity index (χ0v) is 16.8. The highest BCUT2D eigenvalue weighted by Crippen LogP contribution is 2.47. The number of benzene rings is 1. The summed E-state index contributed by atoms with van der Waals surface area (Å²) in [5, 5.41) is 0.217. The molecule has 7 nitrogen and oxygen atoms in total. The number of allylic oxidation sites excluding steroid dienone is 2. The first-order valence-electron chi connectivity index (χ1n) is 8.88. The second kappa shape index (κ2) is 8.50. The molecule has 8 heteroatoms. The Kier molecular flexibility index (Phi) is 6.04. The van der Waals surface area contributed by atoms with Gasteiger partial charge in [0.2, 0.25) is 5.88 Å². The van der Waals surface area contributed by atoms with Crippen LogP contribution in [0.2, 0.25) is 5.02 Å². The number of carbonyl (C=O) groups is 2. The van der Waals surface area contributed by atoms with E-state index in [1.165, 1.54) is 14.2 Å². The molecular weight excluding hydrogens is 398 g/mol. The molecular formula is C21H20ClNO6. The molecule has 0 radical (unpaired) electrons. The molecule has 1 aliphatic carbocycles. The van der Waals surface area contributed by atoms with Crippen molar-refractivity contribution in [2.75, 3.05) is 20.8 Å². The van der Waals surface area contributed by atoms with E-state index in [1.54, 1.807) is 12.1 Å². The van der Waals surface area contributed by atoms with Gasteiger partial charge in [-0.1, -0.05) is 17.5 Å². The van der Waals surface area contributed by atoms with Gasteiger partial charge in [0.1, 0.15) is 17.9 Å². The van der Waals surface area contributed by atoms with Crippen LogP contribution in [0.3, 0.4) is 0 Å². The highest BCUT2D eigenvalue weighted by molar-refractivity contribution is 6.32. The van der Waals surface area contributed by atoms with Crippen molar-refractivity contribution >= 4 is 23.4 Å². The largest absolute Gasteiger partial charge is 0.493 e. The number of halogens is 1. The number of hydrogen-bond donors (Lipinski definition) is 1. The predicted octanol–water partition coefficient (Wildman–Crippen LogP) is 2.82. The second-order valence-electron chi connectivity index (χ2n) is 6.45. The number of ketones is 1. The Morgan fingerprint density at radius 2 is 2.14 bits per heavy atom. The van der Waals surface area contributed by atoms with Crippen LogP contribution in [0.5, 0.6) is 11.5 Å². The van der Waals surface area contributed by atoms with Crippen LogP contribution < -0.4 is 15.2 Å². The molecule has 0 saturated carbocycles. The molecule has 0 aromatic heterocycles. The molecule has 0 amide bonds. The van der Waals surface area contributed by atoms with Crippen molar-refractivity contribution in [2.24, 2.45) is 5.73 Å². The Bertz CT molecular complexity index is 972. The van der Waals surface area contributed by atoms with Gasteiger partial charge in [-0.15, -0.1) is 6.42 Å². The van der Waals surface area contributed by atoms with Crippen LogP contribution in [-0.2, 0) is 19.1 Å². The number of ether oxygens (including phenoxy) is 4. The summed E-state index contributed by atoms with van der Waals surface area (Å²) >= 11 is 6.41. The van der Waals surface area contributed by atoms with Gasteiger partial charge in [-0.25, -0.2) is 4.79 Å². The van der Waals surface area contributed by atoms with E-state index in [1.807, 2.05) is 0 Å². The Morgan fingerprint density at radius 1 is 1.38 bits per heavy atom. The fourth-order valence-corrected chi connectivity index (χ4v) is 3.83. The fraction of sp³-hybridized carbons (Fsp3) is 0.333. The van der Waals surface area contributed by atoms with E-state index in [0.29, 0.717) is 41.9 Å². The molecule has 0 fully saturated rings. The molecule has 3 rings (SSSR count). The number of methoxy groups -OCH3 is 2. The molecule has 0 unspecified atom stereocenters. The number of rotatable bonds is 5. The second-order valence-corrected chi connectivity index (χ2v) is 6.85. The van der Waals surface area contributed by atoms with Gasteiger partial charge in [-0.05, 0) is 24.1 Å². The van der Waals surface area contributed by atoms with Gasteiger partial charge in [0.05, 0.1) is 25.2 Å². The summed E-state index contributed by atoms with van der Waals surface area (Å²) in [6.07, 6.45) is 6.79. The summed E-state index contributed by atoms with van der Waals surface area (Å²) in [5.41, 5.74) is 6.98. The van der Waals surface area contributed by atoms with Crippen molar-refractivity contribution in [3.05, 3.63) is 45.5 Å². The summed E-state index contributed by atoms with van der Waals surface area (Å²) in [6.45, 7) is 0.000738. The van der Waals surface area contributed by atoms with Crippen molar-refractivity contribution in [3.63, 3.8) is 0 Å². The smallest absolute Gasteiger partial charge is 0.340 e. The summed E-state index contributed by atoms with van der Waals surface area (Å²) in [5.74, 6) is 1.68. The minimum Gasteiger partial charge on any atom is -0.493 e. The number of carbonyl (C=O) groups excluding carboxylic acids is 2. The Labute approximate surface area is 173 Å². The van der Waals surface area contributed by atoms with Crippen LogP contribution >= 0.6 is 11.6 Å². The molecule has 152 valence electrons. The van der Waals surface area contributed by atoms with E-state index in [2.05, 4.69) is 5.92 Å². The minimum absolute atomic E-state index is 0.000738. The third-order valence-corrected chi connectivity index (χ3v) is 5.06. The fourth-order valence-electron chi connectivity index (χ4n) is 3.56. The maximum absolute atomic E-state index is 12.8. The third kappa shape index (κ3) is 3.76. The lowest BCUT2D eigenvalue weighted by molar-refractivity contribution is -0.136. The number of nitrogens with two attached hydrogens (primary N) is 1. The van der Waals surface area contributed by atoms with Crippen LogP contribution in [0.25, 0.3) is 0 Å². The van der Waals surface area contributed by atoms with E-state index in [0.717, 1.165) is 0 Å². The monoisotopic (exact) mass is 417 g/mol. The topological polar surface area (TPSA) is 97.1 Å². The minimum atomic E-state index is -0.799. The maximum Gasteiger partial charge on any atom is 0.340 e. The molecule has 1 aromatic carbocycles. The summed E-state index contributed by atoms with van der Waals surface area (Å²) in [6, 6.07) is 3.23. The first-order chi connectivity index (χ1) is 13.9. The van der Waals surface area contributed by atoms with E-state index in [9.17, 15) is 9.59 Å². The molecule has 0 spiro atoms. The molecule has 1 aromatic rings. The Balaban J connectivity index is 2.21. The van der Waals surface area contributed by atoms with E-state index < -0.39 is 11.9 Å². The molecule has 2 aliphatic rings. The van der Waals surface area contributed by atoms with Gasteiger partial charge in [-0.3, -0.25) is 4.79 Å². The molecule has 0 bridgehead atoms. The van der Waals surface area contributed by atoms with Gasteiger partial charge in [0.25, 0.3) is 0 Å². The lowest BCUT2D eigenvalue weighted by atomic mass is 9.77. The molecule has 29 heavy (non-hydrogen) atoms.